The van der Waals surface area contributed by atoms with Crippen molar-refractivity contribution in [1.29, 1.82) is 0 Å². The molecule has 1 aliphatic heterocycles. The highest BCUT2D eigenvalue weighted by atomic mass is 15.2. The quantitative estimate of drug-likeness (QED) is 0.879. The molecule has 1 fully saturated rings. The Morgan fingerprint density at radius 1 is 1.24 bits per heavy atom. The molecular formula is C19H32N2. The van der Waals surface area contributed by atoms with E-state index in [1.807, 2.05) is 0 Å². The minimum absolute atomic E-state index is 0.265. The van der Waals surface area contributed by atoms with Crippen LogP contribution in [0.1, 0.15) is 56.7 Å². The first-order valence-corrected chi connectivity index (χ1v) is 8.53. The summed E-state index contributed by atoms with van der Waals surface area (Å²) >= 11 is 0. The van der Waals surface area contributed by atoms with Crippen molar-refractivity contribution in [3.63, 3.8) is 0 Å². The second-order valence-corrected chi connectivity index (χ2v) is 7.01. The van der Waals surface area contributed by atoms with Gasteiger partial charge in [-0.25, -0.2) is 0 Å². The highest BCUT2D eigenvalue weighted by Crippen LogP contribution is 2.25. The maximum Gasteiger partial charge on any atom is 0.0278 e. The Labute approximate surface area is 130 Å². The first kappa shape index (κ1) is 16.5. The summed E-state index contributed by atoms with van der Waals surface area (Å²) in [6, 6.07) is 7.34. The summed E-state index contributed by atoms with van der Waals surface area (Å²) in [4.78, 5) is 2.72. The first-order valence-electron chi connectivity index (χ1n) is 8.53. The Hall–Kier alpha value is -0.860. The van der Waals surface area contributed by atoms with Crippen LogP contribution in [0.25, 0.3) is 0 Å². The van der Waals surface area contributed by atoms with Crippen LogP contribution in [0, 0.1) is 13.8 Å². The third-order valence-corrected chi connectivity index (χ3v) is 5.24. The maximum atomic E-state index is 3.78. The van der Waals surface area contributed by atoms with Gasteiger partial charge < -0.3 is 5.32 Å². The average molecular weight is 288 g/mol. The standard InChI is InChI=1S/C19H32N2/c1-6-9-17-12-20-19(5,7-2)14-21(17)13-18-15(3)10-8-11-16(18)4/h8,10-11,17,20H,6-7,9,12-14H2,1-5H3. The number of aryl methyl sites for hydroxylation is 2. The molecule has 2 rings (SSSR count). The van der Waals surface area contributed by atoms with Gasteiger partial charge in [0.15, 0.2) is 0 Å². The summed E-state index contributed by atoms with van der Waals surface area (Å²) in [7, 11) is 0. The molecule has 2 atom stereocenters. The monoisotopic (exact) mass is 288 g/mol. The van der Waals surface area contributed by atoms with Crippen LogP contribution < -0.4 is 5.32 Å². The van der Waals surface area contributed by atoms with Gasteiger partial charge in [0.2, 0.25) is 0 Å². The molecule has 2 heteroatoms. The number of hydrogen-bond acceptors (Lipinski definition) is 2. The lowest BCUT2D eigenvalue weighted by Gasteiger charge is -2.46. The molecule has 1 aromatic carbocycles. The second kappa shape index (κ2) is 6.93. The zero-order valence-corrected chi connectivity index (χ0v) is 14.5. The molecule has 0 saturated carbocycles. The zero-order chi connectivity index (χ0) is 15.5. The largest absolute Gasteiger partial charge is 0.309 e. The van der Waals surface area contributed by atoms with Crippen LogP contribution in [0.2, 0.25) is 0 Å². The molecule has 2 nitrogen and oxygen atoms in total. The van der Waals surface area contributed by atoms with Gasteiger partial charge in [-0.2, -0.15) is 0 Å². The lowest BCUT2D eigenvalue weighted by molar-refractivity contribution is 0.0722. The molecule has 1 aromatic rings. The number of nitrogens with zero attached hydrogens (tertiary/aromatic N) is 1. The van der Waals surface area contributed by atoms with E-state index in [9.17, 15) is 0 Å². The van der Waals surface area contributed by atoms with Crippen LogP contribution >= 0.6 is 0 Å². The van der Waals surface area contributed by atoms with Crippen molar-refractivity contribution in [2.24, 2.45) is 0 Å². The third kappa shape index (κ3) is 3.87. The fourth-order valence-electron chi connectivity index (χ4n) is 3.47. The Morgan fingerprint density at radius 2 is 1.90 bits per heavy atom. The molecule has 0 radical (unpaired) electrons. The second-order valence-electron chi connectivity index (χ2n) is 7.01. The molecule has 118 valence electrons. The molecule has 2 unspecified atom stereocenters. The van der Waals surface area contributed by atoms with E-state index in [-0.39, 0.29) is 5.54 Å². The molecule has 1 aliphatic rings. The lowest BCUT2D eigenvalue weighted by atomic mass is 9.91. The van der Waals surface area contributed by atoms with Crippen molar-refractivity contribution in [3.8, 4) is 0 Å². The molecule has 1 N–H and O–H groups in total. The van der Waals surface area contributed by atoms with Crippen LogP contribution in [-0.4, -0.2) is 29.6 Å². The highest BCUT2D eigenvalue weighted by Gasteiger charge is 2.34. The van der Waals surface area contributed by atoms with Crippen LogP contribution in [-0.2, 0) is 6.54 Å². The Morgan fingerprint density at radius 3 is 2.48 bits per heavy atom. The van der Waals surface area contributed by atoms with Crippen LogP contribution in [0.15, 0.2) is 18.2 Å². The Balaban J connectivity index is 2.20. The van der Waals surface area contributed by atoms with E-state index in [4.69, 9.17) is 0 Å². The van der Waals surface area contributed by atoms with Gasteiger partial charge in [-0.3, -0.25) is 4.90 Å². The number of piperazine rings is 1. The van der Waals surface area contributed by atoms with E-state index >= 15 is 0 Å². The summed E-state index contributed by atoms with van der Waals surface area (Å²) in [6.45, 7) is 14.8. The molecule has 0 amide bonds. The van der Waals surface area contributed by atoms with Gasteiger partial charge in [-0.1, -0.05) is 38.5 Å². The van der Waals surface area contributed by atoms with Gasteiger partial charge in [0, 0.05) is 31.2 Å². The number of rotatable bonds is 5. The fraction of sp³-hybridized carbons (Fsp3) is 0.684. The van der Waals surface area contributed by atoms with E-state index in [2.05, 4.69) is 63.0 Å². The maximum absolute atomic E-state index is 3.78. The van der Waals surface area contributed by atoms with E-state index < -0.39 is 0 Å². The van der Waals surface area contributed by atoms with Crippen LogP contribution in [0.4, 0.5) is 0 Å². The van der Waals surface area contributed by atoms with E-state index in [0.29, 0.717) is 6.04 Å². The van der Waals surface area contributed by atoms with E-state index in [1.54, 1.807) is 0 Å². The third-order valence-electron chi connectivity index (χ3n) is 5.24. The van der Waals surface area contributed by atoms with Crippen molar-refractivity contribution in [2.45, 2.75) is 72.0 Å². The van der Waals surface area contributed by atoms with E-state index in [1.165, 1.54) is 36.0 Å². The van der Waals surface area contributed by atoms with Crippen molar-refractivity contribution >= 4 is 0 Å². The van der Waals surface area contributed by atoms with Gasteiger partial charge in [0.05, 0.1) is 0 Å². The summed E-state index contributed by atoms with van der Waals surface area (Å²) < 4.78 is 0. The lowest BCUT2D eigenvalue weighted by Crippen LogP contribution is -2.62. The fourth-order valence-corrected chi connectivity index (χ4v) is 3.47. The van der Waals surface area contributed by atoms with Gasteiger partial charge in [0.25, 0.3) is 0 Å². The molecular weight excluding hydrogens is 256 g/mol. The van der Waals surface area contributed by atoms with E-state index in [0.717, 1.165) is 19.6 Å². The van der Waals surface area contributed by atoms with Gasteiger partial charge in [-0.05, 0) is 50.3 Å². The van der Waals surface area contributed by atoms with Crippen LogP contribution in [0.3, 0.4) is 0 Å². The summed E-state index contributed by atoms with van der Waals surface area (Å²) in [5.74, 6) is 0. The van der Waals surface area contributed by atoms with Crippen molar-refractivity contribution in [3.05, 3.63) is 34.9 Å². The Kier molecular flexibility index (Phi) is 5.45. The van der Waals surface area contributed by atoms with Gasteiger partial charge in [0.1, 0.15) is 0 Å². The molecule has 21 heavy (non-hydrogen) atoms. The van der Waals surface area contributed by atoms with Crippen molar-refractivity contribution in [1.82, 2.24) is 10.2 Å². The number of hydrogen-bond donors (Lipinski definition) is 1. The number of nitrogens with one attached hydrogen (secondary N) is 1. The molecule has 1 saturated heterocycles. The normalized spacial score (nSPS) is 27.0. The predicted octanol–water partition coefficient (Wildman–Crippen LogP) is 4.05. The molecule has 1 heterocycles. The molecule has 0 bridgehead atoms. The average Bonchev–Trinajstić information content (AvgIpc) is 2.46. The molecule has 0 spiro atoms. The number of benzene rings is 1. The smallest absolute Gasteiger partial charge is 0.0278 e. The predicted molar refractivity (Wildman–Crippen MR) is 91.7 cm³/mol. The summed E-state index contributed by atoms with van der Waals surface area (Å²) in [5.41, 5.74) is 4.66. The van der Waals surface area contributed by atoms with Crippen molar-refractivity contribution in [2.75, 3.05) is 13.1 Å². The zero-order valence-electron chi connectivity index (χ0n) is 14.5. The minimum atomic E-state index is 0.265. The summed E-state index contributed by atoms with van der Waals surface area (Å²) in [6.07, 6.45) is 3.74. The van der Waals surface area contributed by atoms with Crippen molar-refractivity contribution < 1.29 is 0 Å². The molecule has 0 aliphatic carbocycles. The van der Waals surface area contributed by atoms with Gasteiger partial charge >= 0.3 is 0 Å². The summed E-state index contributed by atoms with van der Waals surface area (Å²) in [5, 5.41) is 3.78. The van der Waals surface area contributed by atoms with Gasteiger partial charge in [-0.15, -0.1) is 0 Å². The molecule has 0 aromatic heterocycles. The topological polar surface area (TPSA) is 15.3 Å². The van der Waals surface area contributed by atoms with Crippen LogP contribution in [0.5, 0.6) is 0 Å². The SMILES string of the molecule is CCCC1CNC(C)(CC)CN1Cc1c(C)cccc1C. The Bertz CT molecular complexity index is 448. The minimum Gasteiger partial charge on any atom is -0.309 e. The first-order chi connectivity index (χ1) is 9.99. The highest BCUT2D eigenvalue weighted by molar-refractivity contribution is 5.33.